The molecular formula is C26H33NO6. The molecule has 178 valence electrons. The van der Waals surface area contributed by atoms with E-state index in [4.69, 9.17) is 23.7 Å². The van der Waals surface area contributed by atoms with E-state index in [0.29, 0.717) is 50.0 Å². The van der Waals surface area contributed by atoms with Crippen molar-refractivity contribution in [3.63, 3.8) is 0 Å². The van der Waals surface area contributed by atoms with Crippen molar-refractivity contribution in [2.45, 2.75) is 44.9 Å². The van der Waals surface area contributed by atoms with Gasteiger partial charge in [-0.05, 0) is 61.6 Å². The Balaban J connectivity index is 1.50. The Hall–Kier alpha value is -2.93. The van der Waals surface area contributed by atoms with Gasteiger partial charge in [-0.25, -0.2) is 0 Å². The van der Waals surface area contributed by atoms with Crippen LogP contribution in [0.1, 0.15) is 55.5 Å². The Labute approximate surface area is 195 Å². The van der Waals surface area contributed by atoms with Gasteiger partial charge in [0.05, 0.1) is 13.2 Å². The fourth-order valence-corrected chi connectivity index (χ4v) is 4.21. The van der Waals surface area contributed by atoms with Gasteiger partial charge in [-0.3, -0.25) is 4.79 Å². The maximum Gasteiger partial charge on any atom is 0.251 e. The first-order valence-corrected chi connectivity index (χ1v) is 11.8. The van der Waals surface area contributed by atoms with E-state index in [0.717, 1.165) is 42.7 Å². The van der Waals surface area contributed by atoms with Crippen molar-refractivity contribution in [3.8, 4) is 23.0 Å². The van der Waals surface area contributed by atoms with Crippen LogP contribution < -0.4 is 24.3 Å². The molecular weight excluding hydrogens is 422 g/mol. The number of rotatable bonds is 10. The van der Waals surface area contributed by atoms with Gasteiger partial charge in [0, 0.05) is 30.7 Å². The van der Waals surface area contributed by atoms with Crippen molar-refractivity contribution in [1.82, 2.24) is 5.32 Å². The van der Waals surface area contributed by atoms with Crippen LogP contribution in [0.15, 0.2) is 36.4 Å². The molecule has 0 bridgehead atoms. The van der Waals surface area contributed by atoms with Crippen molar-refractivity contribution >= 4 is 5.91 Å². The summed E-state index contributed by atoms with van der Waals surface area (Å²) in [6.45, 7) is 7.34. The van der Waals surface area contributed by atoms with Crippen LogP contribution in [0, 0.1) is 0 Å². The smallest absolute Gasteiger partial charge is 0.251 e. The van der Waals surface area contributed by atoms with Crippen LogP contribution in [0.4, 0.5) is 0 Å². The molecule has 0 spiro atoms. The minimum absolute atomic E-state index is 0.134. The summed E-state index contributed by atoms with van der Waals surface area (Å²) in [6, 6.07) is 11.4. The number of carbonyl (C=O) groups excluding carboxylic acids is 1. The highest BCUT2D eigenvalue weighted by atomic mass is 16.7. The van der Waals surface area contributed by atoms with Crippen LogP contribution in [0.5, 0.6) is 23.0 Å². The van der Waals surface area contributed by atoms with E-state index >= 15 is 0 Å². The first kappa shape index (κ1) is 23.2. The first-order valence-electron chi connectivity index (χ1n) is 11.8. The number of nitrogens with one attached hydrogen (secondary N) is 1. The third-order valence-electron chi connectivity index (χ3n) is 6.15. The Morgan fingerprint density at radius 1 is 0.939 bits per heavy atom. The molecule has 33 heavy (non-hydrogen) atoms. The van der Waals surface area contributed by atoms with E-state index in [2.05, 4.69) is 18.3 Å². The van der Waals surface area contributed by atoms with Crippen LogP contribution in [0.3, 0.4) is 0 Å². The Bertz CT molecular complexity index is 954. The van der Waals surface area contributed by atoms with E-state index in [-0.39, 0.29) is 18.1 Å². The Morgan fingerprint density at radius 3 is 2.42 bits per heavy atom. The van der Waals surface area contributed by atoms with Crippen LogP contribution in [-0.4, -0.2) is 45.7 Å². The average Bonchev–Trinajstić information content (AvgIpc) is 3.33. The van der Waals surface area contributed by atoms with Crippen molar-refractivity contribution in [2.75, 3.05) is 39.8 Å². The lowest BCUT2D eigenvalue weighted by molar-refractivity contribution is 0.0486. The van der Waals surface area contributed by atoms with Crippen molar-refractivity contribution < 1.29 is 28.5 Å². The lowest BCUT2D eigenvalue weighted by atomic mass is 9.74. The van der Waals surface area contributed by atoms with Gasteiger partial charge in [0.15, 0.2) is 23.0 Å². The number of hydrogen-bond acceptors (Lipinski definition) is 6. The summed E-state index contributed by atoms with van der Waals surface area (Å²) < 4.78 is 28.3. The molecule has 0 radical (unpaired) electrons. The van der Waals surface area contributed by atoms with Crippen LogP contribution in [0.25, 0.3) is 0 Å². The molecule has 1 fully saturated rings. The Morgan fingerprint density at radius 2 is 1.67 bits per heavy atom. The minimum Gasteiger partial charge on any atom is -0.490 e. The molecule has 7 nitrogen and oxygen atoms in total. The van der Waals surface area contributed by atoms with E-state index in [1.54, 1.807) is 12.1 Å². The highest BCUT2D eigenvalue weighted by Gasteiger charge is 2.36. The predicted molar refractivity (Wildman–Crippen MR) is 125 cm³/mol. The fourth-order valence-electron chi connectivity index (χ4n) is 4.21. The predicted octanol–water partition coefficient (Wildman–Crippen LogP) is 4.47. The topological polar surface area (TPSA) is 75.3 Å². The zero-order valence-electron chi connectivity index (χ0n) is 19.5. The molecule has 1 saturated heterocycles. The van der Waals surface area contributed by atoms with E-state index in [1.165, 1.54) is 0 Å². The van der Waals surface area contributed by atoms with Gasteiger partial charge < -0.3 is 29.0 Å². The molecule has 2 aliphatic rings. The third-order valence-corrected chi connectivity index (χ3v) is 6.15. The zero-order valence-corrected chi connectivity index (χ0v) is 19.5. The molecule has 0 saturated carbocycles. The Kier molecular flexibility index (Phi) is 7.60. The summed E-state index contributed by atoms with van der Waals surface area (Å²) in [6.07, 6.45) is 3.42. The van der Waals surface area contributed by atoms with E-state index < -0.39 is 0 Å². The number of hydrogen-bond donors (Lipinski definition) is 1. The molecule has 2 aliphatic heterocycles. The molecule has 1 N–H and O–H groups in total. The third kappa shape index (κ3) is 5.36. The second kappa shape index (κ2) is 10.8. The monoisotopic (exact) mass is 455 g/mol. The minimum atomic E-state index is -0.222. The van der Waals surface area contributed by atoms with Crippen molar-refractivity contribution in [3.05, 3.63) is 47.5 Å². The summed E-state index contributed by atoms with van der Waals surface area (Å²) in [5.41, 5.74) is 1.46. The molecule has 2 aromatic rings. The van der Waals surface area contributed by atoms with Gasteiger partial charge in [-0.15, -0.1) is 0 Å². The summed E-state index contributed by atoms with van der Waals surface area (Å²) >= 11 is 0. The summed E-state index contributed by atoms with van der Waals surface area (Å²) in [4.78, 5) is 13.1. The number of fused-ring (bicyclic) bond motifs is 1. The standard InChI is InChI=1S/C26H33NO6/c1-3-11-30-21-7-5-19(15-23(21)31-12-4-2)25(28)27-17-26(9-13-29-14-10-26)20-6-8-22-24(16-20)33-18-32-22/h5-8,15-16H,3-4,9-14,17-18H2,1-2H3,(H,27,28). The molecule has 4 rings (SSSR count). The van der Waals surface area contributed by atoms with E-state index in [1.807, 2.05) is 25.1 Å². The molecule has 0 aliphatic carbocycles. The van der Waals surface area contributed by atoms with Gasteiger partial charge in [0.25, 0.3) is 5.91 Å². The maximum absolute atomic E-state index is 13.1. The zero-order chi connectivity index (χ0) is 23.1. The van der Waals surface area contributed by atoms with E-state index in [9.17, 15) is 4.79 Å². The van der Waals surface area contributed by atoms with Crippen LogP contribution in [0.2, 0.25) is 0 Å². The van der Waals surface area contributed by atoms with Gasteiger partial charge in [-0.2, -0.15) is 0 Å². The van der Waals surface area contributed by atoms with Crippen molar-refractivity contribution in [1.29, 1.82) is 0 Å². The van der Waals surface area contributed by atoms with Crippen LogP contribution in [-0.2, 0) is 10.2 Å². The summed E-state index contributed by atoms with van der Waals surface area (Å²) in [5.74, 6) is 2.66. The lowest BCUT2D eigenvalue weighted by Crippen LogP contribution is -2.44. The lowest BCUT2D eigenvalue weighted by Gasteiger charge is -2.38. The van der Waals surface area contributed by atoms with Gasteiger partial charge >= 0.3 is 0 Å². The fraction of sp³-hybridized carbons (Fsp3) is 0.500. The second-order valence-corrected chi connectivity index (χ2v) is 8.50. The van der Waals surface area contributed by atoms with Gasteiger partial charge in [0.2, 0.25) is 6.79 Å². The largest absolute Gasteiger partial charge is 0.490 e. The number of benzene rings is 2. The summed E-state index contributed by atoms with van der Waals surface area (Å²) in [5, 5.41) is 3.16. The number of ether oxygens (including phenoxy) is 5. The average molecular weight is 456 g/mol. The molecule has 0 aromatic heterocycles. The van der Waals surface area contributed by atoms with Gasteiger partial charge in [-0.1, -0.05) is 19.9 Å². The van der Waals surface area contributed by atoms with Crippen molar-refractivity contribution in [2.24, 2.45) is 0 Å². The number of carbonyl (C=O) groups is 1. The van der Waals surface area contributed by atoms with Gasteiger partial charge in [0.1, 0.15) is 0 Å². The quantitative estimate of drug-likeness (QED) is 0.570. The highest BCUT2D eigenvalue weighted by molar-refractivity contribution is 5.95. The SMILES string of the molecule is CCCOc1ccc(C(=O)NCC2(c3ccc4c(c3)OCO4)CCOCC2)cc1OCCC. The molecule has 2 heterocycles. The van der Waals surface area contributed by atoms with Crippen LogP contribution >= 0.6 is 0 Å². The molecule has 0 atom stereocenters. The number of amides is 1. The molecule has 0 unspecified atom stereocenters. The molecule has 1 amide bonds. The normalized spacial score (nSPS) is 16.3. The second-order valence-electron chi connectivity index (χ2n) is 8.50. The first-order chi connectivity index (χ1) is 16.1. The maximum atomic E-state index is 13.1. The highest BCUT2D eigenvalue weighted by Crippen LogP contribution is 2.40. The molecule has 2 aromatic carbocycles. The molecule has 7 heteroatoms. The summed E-state index contributed by atoms with van der Waals surface area (Å²) in [7, 11) is 0.